The summed E-state index contributed by atoms with van der Waals surface area (Å²) in [6.07, 6.45) is 9.53. The van der Waals surface area contributed by atoms with Gasteiger partial charge in [0.15, 0.2) is 0 Å². The van der Waals surface area contributed by atoms with E-state index < -0.39 is 0 Å². The molecule has 1 unspecified atom stereocenters. The van der Waals surface area contributed by atoms with Crippen molar-refractivity contribution in [3.8, 4) is 0 Å². The maximum Gasteiger partial charge on any atom is 0.00675 e. The monoisotopic (exact) mass is 198 g/mol. The number of hydrogen-bond donors (Lipinski definition) is 2. The number of unbranched alkanes of at least 4 members (excludes halogenated alkanes) is 1. The van der Waals surface area contributed by atoms with Gasteiger partial charge in [-0.25, -0.2) is 0 Å². The van der Waals surface area contributed by atoms with E-state index in [2.05, 4.69) is 17.6 Å². The molecule has 0 spiro atoms. The van der Waals surface area contributed by atoms with E-state index in [9.17, 15) is 0 Å². The molecule has 1 heterocycles. The summed E-state index contributed by atoms with van der Waals surface area (Å²) < 4.78 is 0. The lowest BCUT2D eigenvalue weighted by molar-refractivity contribution is 0.373. The summed E-state index contributed by atoms with van der Waals surface area (Å²) in [6.45, 7) is 5.90. The summed E-state index contributed by atoms with van der Waals surface area (Å²) in [5.74, 6) is 0. The highest BCUT2D eigenvalue weighted by molar-refractivity contribution is 4.72. The fourth-order valence-electron chi connectivity index (χ4n) is 2.07. The first-order valence-corrected chi connectivity index (χ1v) is 6.37. The Bertz CT molecular complexity index is 119. The lowest BCUT2D eigenvalue weighted by atomic mass is 10.0. The third kappa shape index (κ3) is 5.61. The summed E-state index contributed by atoms with van der Waals surface area (Å²) in [4.78, 5) is 0. The Morgan fingerprint density at radius 1 is 1.21 bits per heavy atom. The van der Waals surface area contributed by atoms with E-state index in [0.29, 0.717) is 0 Å². The molecular formula is C12H26N2. The van der Waals surface area contributed by atoms with Gasteiger partial charge in [-0.05, 0) is 51.7 Å². The van der Waals surface area contributed by atoms with Gasteiger partial charge in [-0.1, -0.05) is 19.8 Å². The van der Waals surface area contributed by atoms with Gasteiger partial charge in [0.05, 0.1) is 0 Å². The van der Waals surface area contributed by atoms with Crippen molar-refractivity contribution in [3.05, 3.63) is 0 Å². The largest absolute Gasteiger partial charge is 0.317 e. The van der Waals surface area contributed by atoms with Crippen LogP contribution in [0.5, 0.6) is 0 Å². The minimum absolute atomic E-state index is 0.816. The third-order valence-corrected chi connectivity index (χ3v) is 3.03. The molecule has 0 aliphatic carbocycles. The molecule has 0 aromatic carbocycles. The Morgan fingerprint density at radius 3 is 2.79 bits per heavy atom. The molecule has 14 heavy (non-hydrogen) atoms. The molecule has 84 valence electrons. The zero-order valence-corrected chi connectivity index (χ0v) is 9.65. The highest BCUT2D eigenvalue weighted by Gasteiger charge is 2.10. The molecule has 0 radical (unpaired) electrons. The maximum atomic E-state index is 3.59. The third-order valence-electron chi connectivity index (χ3n) is 3.03. The van der Waals surface area contributed by atoms with Crippen molar-refractivity contribution in [1.29, 1.82) is 0 Å². The molecular weight excluding hydrogens is 172 g/mol. The van der Waals surface area contributed by atoms with Crippen LogP contribution in [0.1, 0.15) is 51.9 Å². The minimum atomic E-state index is 0.816. The second-order valence-electron chi connectivity index (χ2n) is 4.39. The summed E-state index contributed by atoms with van der Waals surface area (Å²) in [5, 5.41) is 7.09. The van der Waals surface area contributed by atoms with Crippen molar-refractivity contribution in [3.63, 3.8) is 0 Å². The van der Waals surface area contributed by atoms with Gasteiger partial charge in [0, 0.05) is 6.04 Å². The highest BCUT2D eigenvalue weighted by atomic mass is 14.9. The van der Waals surface area contributed by atoms with Crippen LogP contribution >= 0.6 is 0 Å². The first-order chi connectivity index (χ1) is 6.93. The molecule has 0 aromatic heterocycles. The number of hydrogen-bond acceptors (Lipinski definition) is 2. The second-order valence-corrected chi connectivity index (χ2v) is 4.39. The van der Waals surface area contributed by atoms with Crippen molar-refractivity contribution in [2.45, 2.75) is 57.9 Å². The number of nitrogens with one attached hydrogen (secondary N) is 2. The van der Waals surface area contributed by atoms with Crippen LogP contribution < -0.4 is 10.6 Å². The fraction of sp³-hybridized carbons (Fsp3) is 1.00. The lowest BCUT2D eigenvalue weighted by Gasteiger charge is -2.23. The molecule has 1 saturated heterocycles. The molecule has 0 saturated carbocycles. The molecule has 2 nitrogen and oxygen atoms in total. The van der Waals surface area contributed by atoms with Gasteiger partial charge in [0.2, 0.25) is 0 Å². The SMILES string of the molecule is CCCCNCCCC1CCCCN1. The van der Waals surface area contributed by atoms with Crippen molar-refractivity contribution in [2.75, 3.05) is 19.6 Å². The van der Waals surface area contributed by atoms with Crippen LogP contribution in [0.4, 0.5) is 0 Å². The fourth-order valence-corrected chi connectivity index (χ4v) is 2.07. The van der Waals surface area contributed by atoms with Crippen LogP contribution in [-0.4, -0.2) is 25.7 Å². The van der Waals surface area contributed by atoms with Crippen molar-refractivity contribution >= 4 is 0 Å². The zero-order valence-electron chi connectivity index (χ0n) is 9.65. The van der Waals surface area contributed by atoms with Gasteiger partial charge >= 0.3 is 0 Å². The van der Waals surface area contributed by atoms with E-state index in [-0.39, 0.29) is 0 Å². The van der Waals surface area contributed by atoms with Gasteiger partial charge < -0.3 is 10.6 Å². The first-order valence-electron chi connectivity index (χ1n) is 6.37. The van der Waals surface area contributed by atoms with Crippen LogP contribution in [0.15, 0.2) is 0 Å². The van der Waals surface area contributed by atoms with Crippen LogP contribution in [0.25, 0.3) is 0 Å². The Kier molecular flexibility index (Phi) is 7.06. The smallest absolute Gasteiger partial charge is 0.00675 e. The van der Waals surface area contributed by atoms with Gasteiger partial charge in [-0.2, -0.15) is 0 Å². The van der Waals surface area contributed by atoms with Gasteiger partial charge in [0.1, 0.15) is 0 Å². The average molecular weight is 198 g/mol. The summed E-state index contributed by atoms with van der Waals surface area (Å²) in [6, 6.07) is 0.816. The second kappa shape index (κ2) is 8.25. The normalized spacial score (nSPS) is 22.5. The molecule has 0 bridgehead atoms. The summed E-state index contributed by atoms with van der Waals surface area (Å²) in [5.41, 5.74) is 0. The van der Waals surface area contributed by atoms with Crippen LogP contribution in [-0.2, 0) is 0 Å². The Morgan fingerprint density at radius 2 is 2.07 bits per heavy atom. The standard InChI is InChI=1S/C12H26N2/c1-2-3-9-13-10-6-8-12-7-4-5-11-14-12/h12-14H,2-11H2,1H3. The predicted molar refractivity (Wildman–Crippen MR) is 62.7 cm³/mol. The van der Waals surface area contributed by atoms with E-state index in [4.69, 9.17) is 0 Å². The molecule has 1 rings (SSSR count). The molecule has 1 aliphatic heterocycles. The Hall–Kier alpha value is -0.0800. The van der Waals surface area contributed by atoms with E-state index in [0.717, 1.165) is 6.04 Å². The van der Waals surface area contributed by atoms with E-state index in [1.165, 1.54) is 64.6 Å². The van der Waals surface area contributed by atoms with Crippen LogP contribution in [0.3, 0.4) is 0 Å². The molecule has 0 amide bonds. The molecule has 0 aromatic rings. The number of piperidine rings is 1. The van der Waals surface area contributed by atoms with E-state index in [1.54, 1.807) is 0 Å². The molecule has 1 aliphatic rings. The predicted octanol–water partition coefficient (Wildman–Crippen LogP) is 2.30. The summed E-state index contributed by atoms with van der Waals surface area (Å²) in [7, 11) is 0. The molecule has 1 fully saturated rings. The van der Waals surface area contributed by atoms with Gasteiger partial charge in [-0.3, -0.25) is 0 Å². The highest BCUT2D eigenvalue weighted by Crippen LogP contribution is 2.10. The lowest BCUT2D eigenvalue weighted by Crippen LogP contribution is -2.34. The zero-order chi connectivity index (χ0) is 10.1. The maximum absolute atomic E-state index is 3.59. The quantitative estimate of drug-likeness (QED) is 0.613. The van der Waals surface area contributed by atoms with Crippen LogP contribution in [0, 0.1) is 0 Å². The van der Waals surface area contributed by atoms with Crippen LogP contribution in [0.2, 0.25) is 0 Å². The molecule has 2 heteroatoms. The van der Waals surface area contributed by atoms with Gasteiger partial charge in [-0.15, -0.1) is 0 Å². The topological polar surface area (TPSA) is 24.1 Å². The van der Waals surface area contributed by atoms with Crippen molar-refractivity contribution < 1.29 is 0 Å². The summed E-state index contributed by atoms with van der Waals surface area (Å²) >= 11 is 0. The molecule has 2 N–H and O–H groups in total. The van der Waals surface area contributed by atoms with Crippen molar-refractivity contribution in [1.82, 2.24) is 10.6 Å². The van der Waals surface area contributed by atoms with E-state index >= 15 is 0 Å². The molecule has 1 atom stereocenters. The average Bonchev–Trinajstić information content (AvgIpc) is 2.25. The van der Waals surface area contributed by atoms with Gasteiger partial charge in [0.25, 0.3) is 0 Å². The number of rotatable bonds is 7. The Balaban J connectivity index is 1.82. The first kappa shape index (κ1) is 12.0. The van der Waals surface area contributed by atoms with E-state index in [1.807, 2.05) is 0 Å². The minimum Gasteiger partial charge on any atom is -0.317 e. The Labute approximate surface area is 88.8 Å². The van der Waals surface area contributed by atoms with Crippen molar-refractivity contribution in [2.24, 2.45) is 0 Å².